The number of anilines is 1. The standard InChI is InChI=1S/C12H17N5O/c1-8-2-3-9(4-8)12-15-11(18-16-12)7-17-6-10(13)5-14-17/h5-6,8-9H,2-4,7,13H2,1H3. The van der Waals surface area contributed by atoms with Gasteiger partial charge in [-0.15, -0.1) is 0 Å². The molecule has 6 nitrogen and oxygen atoms in total. The van der Waals surface area contributed by atoms with E-state index < -0.39 is 0 Å². The smallest absolute Gasteiger partial charge is 0.248 e. The zero-order chi connectivity index (χ0) is 12.5. The molecule has 2 aromatic rings. The van der Waals surface area contributed by atoms with Crippen molar-refractivity contribution in [1.82, 2.24) is 19.9 Å². The van der Waals surface area contributed by atoms with Crippen LogP contribution in [0.5, 0.6) is 0 Å². The molecule has 0 saturated heterocycles. The lowest BCUT2D eigenvalue weighted by Gasteiger charge is -2.01. The molecule has 2 unspecified atom stereocenters. The predicted octanol–water partition coefficient (Wildman–Crippen LogP) is 1.80. The maximum atomic E-state index is 5.60. The molecular weight excluding hydrogens is 230 g/mol. The Kier molecular flexibility index (Phi) is 2.77. The molecule has 0 aliphatic heterocycles. The summed E-state index contributed by atoms with van der Waals surface area (Å²) >= 11 is 0. The highest BCUT2D eigenvalue weighted by molar-refractivity contribution is 5.30. The summed E-state index contributed by atoms with van der Waals surface area (Å²) in [6, 6.07) is 0. The summed E-state index contributed by atoms with van der Waals surface area (Å²) in [5.74, 6) is 2.66. The second-order valence-corrected chi connectivity index (χ2v) is 5.13. The summed E-state index contributed by atoms with van der Waals surface area (Å²) in [6.45, 7) is 2.75. The Labute approximate surface area is 105 Å². The van der Waals surface area contributed by atoms with Crippen molar-refractivity contribution in [3.8, 4) is 0 Å². The zero-order valence-electron chi connectivity index (χ0n) is 10.4. The molecule has 0 bridgehead atoms. The SMILES string of the molecule is CC1CCC(c2noc(Cn3cc(N)cn3)n2)C1. The van der Waals surface area contributed by atoms with Crippen molar-refractivity contribution in [3.63, 3.8) is 0 Å². The first-order valence-corrected chi connectivity index (χ1v) is 6.31. The Hall–Kier alpha value is -1.85. The fourth-order valence-corrected chi connectivity index (χ4v) is 2.54. The van der Waals surface area contributed by atoms with Crippen molar-refractivity contribution in [2.75, 3.05) is 5.73 Å². The second kappa shape index (κ2) is 4.44. The number of nitrogens with zero attached hydrogens (tertiary/aromatic N) is 4. The molecule has 6 heteroatoms. The van der Waals surface area contributed by atoms with Gasteiger partial charge in [0.05, 0.1) is 11.9 Å². The van der Waals surface area contributed by atoms with Crippen LogP contribution in [0.15, 0.2) is 16.9 Å². The van der Waals surface area contributed by atoms with E-state index in [0.717, 1.165) is 24.6 Å². The van der Waals surface area contributed by atoms with Crippen molar-refractivity contribution in [1.29, 1.82) is 0 Å². The highest BCUT2D eigenvalue weighted by Crippen LogP contribution is 2.36. The molecule has 0 radical (unpaired) electrons. The van der Waals surface area contributed by atoms with E-state index in [1.165, 1.54) is 6.42 Å². The summed E-state index contributed by atoms with van der Waals surface area (Å²) in [5, 5.41) is 8.17. The first-order chi connectivity index (χ1) is 8.70. The van der Waals surface area contributed by atoms with Gasteiger partial charge in [-0.1, -0.05) is 12.1 Å². The molecule has 0 aromatic carbocycles. The fraction of sp³-hybridized carbons (Fsp3) is 0.583. The van der Waals surface area contributed by atoms with Crippen molar-refractivity contribution in [3.05, 3.63) is 24.1 Å². The molecule has 1 aliphatic rings. The number of rotatable bonds is 3. The monoisotopic (exact) mass is 247 g/mol. The van der Waals surface area contributed by atoms with Gasteiger partial charge < -0.3 is 10.3 Å². The van der Waals surface area contributed by atoms with Crippen molar-refractivity contribution in [2.45, 2.75) is 38.6 Å². The van der Waals surface area contributed by atoms with Crippen LogP contribution in [0, 0.1) is 5.92 Å². The van der Waals surface area contributed by atoms with Crippen LogP contribution < -0.4 is 5.73 Å². The fourth-order valence-electron chi connectivity index (χ4n) is 2.54. The normalized spacial score (nSPS) is 23.6. The lowest BCUT2D eigenvalue weighted by molar-refractivity contribution is 0.358. The second-order valence-electron chi connectivity index (χ2n) is 5.13. The van der Waals surface area contributed by atoms with E-state index in [2.05, 4.69) is 22.2 Å². The molecule has 3 rings (SSSR count). The van der Waals surface area contributed by atoms with Gasteiger partial charge in [-0.25, -0.2) is 0 Å². The molecule has 1 saturated carbocycles. The Morgan fingerprint density at radius 3 is 3.06 bits per heavy atom. The topological polar surface area (TPSA) is 82.8 Å². The van der Waals surface area contributed by atoms with Crippen LogP contribution in [0.25, 0.3) is 0 Å². The van der Waals surface area contributed by atoms with E-state index in [9.17, 15) is 0 Å². The van der Waals surface area contributed by atoms with Crippen LogP contribution in [0.2, 0.25) is 0 Å². The lowest BCUT2D eigenvalue weighted by Crippen LogP contribution is -2.01. The van der Waals surface area contributed by atoms with Crippen LogP contribution in [0.4, 0.5) is 5.69 Å². The van der Waals surface area contributed by atoms with Crippen LogP contribution in [-0.2, 0) is 6.54 Å². The largest absolute Gasteiger partial charge is 0.396 e. The zero-order valence-corrected chi connectivity index (χ0v) is 10.4. The van der Waals surface area contributed by atoms with Crippen LogP contribution in [0.1, 0.15) is 43.8 Å². The molecule has 2 N–H and O–H groups in total. The molecule has 0 amide bonds. The van der Waals surface area contributed by atoms with E-state index in [4.69, 9.17) is 10.3 Å². The highest BCUT2D eigenvalue weighted by Gasteiger charge is 2.26. The quantitative estimate of drug-likeness (QED) is 0.894. The molecule has 0 spiro atoms. The highest BCUT2D eigenvalue weighted by atomic mass is 16.5. The third-order valence-electron chi connectivity index (χ3n) is 3.49. The molecule has 96 valence electrons. The van der Waals surface area contributed by atoms with Crippen LogP contribution in [-0.4, -0.2) is 19.9 Å². The van der Waals surface area contributed by atoms with Gasteiger partial charge in [0.2, 0.25) is 5.89 Å². The van der Waals surface area contributed by atoms with E-state index in [-0.39, 0.29) is 0 Å². The lowest BCUT2D eigenvalue weighted by atomic mass is 10.1. The van der Waals surface area contributed by atoms with Crippen molar-refractivity contribution in [2.24, 2.45) is 5.92 Å². The number of aromatic nitrogens is 4. The summed E-state index contributed by atoms with van der Waals surface area (Å²) in [7, 11) is 0. The van der Waals surface area contributed by atoms with Gasteiger partial charge in [-0.05, 0) is 25.2 Å². The predicted molar refractivity (Wildman–Crippen MR) is 65.8 cm³/mol. The third-order valence-corrected chi connectivity index (χ3v) is 3.49. The number of hydrogen-bond donors (Lipinski definition) is 1. The van der Waals surface area contributed by atoms with Crippen molar-refractivity contribution < 1.29 is 4.52 Å². The van der Waals surface area contributed by atoms with E-state index in [0.29, 0.717) is 24.0 Å². The Bertz CT molecular complexity index is 532. The first-order valence-electron chi connectivity index (χ1n) is 6.31. The average molecular weight is 247 g/mol. The van der Waals surface area contributed by atoms with Gasteiger partial charge in [-0.2, -0.15) is 10.1 Å². The van der Waals surface area contributed by atoms with Gasteiger partial charge in [0, 0.05) is 12.1 Å². The van der Waals surface area contributed by atoms with Crippen LogP contribution in [0.3, 0.4) is 0 Å². The van der Waals surface area contributed by atoms with E-state index in [1.54, 1.807) is 17.1 Å². The summed E-state index contributed by atoms with van der Waals surface area (Å²) in [6.07, 6.45) is 6.93. The average Bonchev–Trinajstić information content (AvgIpc) is 3.01. The minimum Gasteiger partial charge on any atom is -0.396 e. The van der Waals surface area contributed by atoms with Gasteiger partial charge in [-0.3, -0.25) is 4.68 Å². The third kappa shape index (κ3) is 2.23. The summed E-state index contributed by atoms with van der Waals surface area (Å²) in [5.41, 5.74) is 6.24. The van der Waals surface area contributed by atoms with Gasteiger partial charge in [0.25, 0.3) is 0 Å². The van der Waals surface area contributed by atoms with E-state index in [1.807, 2.05) is 0 Å². The summed E-state index contributed by atoms with van der Waals surface area (Å²) in [4.78, 5) is 4.45. The molecule has 2 heterocycles. The van der Waals surface area contributed by atoms with Gasteiger partial charge >= 0.3 is 0 Å². The molecule has 1 aliphatic carbocycles. The Balaban J connectivity index is 1.70. The minimum absolute atomic E-state index is 0.459. The van der Waals surface area contributed by atoms with Crippen molar-refractivity contribution >= 4 is 5.69 Å². The number of hydrogen-bond acceptors (Lipinski definition) is 5. The first kappa shape index (κ1) is 11.3. The molecule has 18 heavy (non-hydrogen) atoms. The minimum atomic E-state index is 0.459. The van der Waals surface area contributed by atoms with Gasteiger partial charge in [0.15, 0.2) is 5.82 Å². The van der Waals surface area contributed by atoms with E-state index >= 15 is 0 Å². The number of nitrogen functional groups attached to an aromatic ring is 1. The maximum absolute atomic E-state index is 5.60. The maximum Gasteiger partial charge on any atom is 0.248 e. The Morgan fingerprint density at radius 2 is 2.39 bits per heavy atom. The molecule has 2 atom stereocenters. The molecular formula is C12H17N5O. The Morgan fingerprint density at radius 1 is 1.50 bits per heavy atom. The molecule has 2 aromatic heterocycles. The van der Waals surface area contributed by atoms with Crippen LogP contribution >= 0.6 is 0 Å². The summed E-state index contributed by atoms with van der Waals surface area (Å²) < 4.78 is 6.96. The number of nitrogens with two attached hydrogens (primary N) is 1. The molecule has 1 fully saturated rings. The van der Waals surface area contributed by atoms with Gasteiger partial charge in [0.1, 0.15) is 6.54 Å².